The highest BCUT2D eigenvalue weighted by molar-refractivity contribution is 5.70. The van der Waals surface area contributed by atoms with Crippen molar-refractivity contribution in [2.45, 2.75) is 60.1 Å². The third kappa shape index (κ3) is 3.80. The molecule has 0 aromatic heterocycles. The predicted molar refractivity (Wildman–Crippen MR) is 109 cm³/mol. The van der Waals surface area contributed by atoms with Crippen LogP contribution in [0.25, 0.3) is 11.1 Å². The highest BCUT2D eigenvalue weighted by Crippen LogP contribution is 2.46. The Morgan fingerprint density at radius 2 is 1.78 bits per heavy atom. The van der Waals surface area contributed by atoms with Crippen LogP contribution in [0, 0.1) is 19.3 Å². The summed E-state index contributed by atoms with van der Waals surface area (Å²) in [5, 5.41) is 11.9. The molecule has 1 aliphatic rings. The lowest BCUT2D eigenvalue weighted by molar-refractivity contribution is 0.175. The van der Waals surface area contributed by atoms with E-state index in [0.717, 1.165) is 40.0 Å². The molecule has 27 heavy (non-hydrogen) atoms. The van der Waals surface area contributed by atoms with Crippen molar-refractivity contribution in [3.8, 4) is 16.9 Å². The summed E-state index contributed by atoms with van der Waals surface area (Å²) in [6, 6.07) is 10.5. The van der Waals surface area contributed by atoms with Crippen LogP contribution in [-0.2, 0) is 6.42 Å². The van der Waals surface area contributed by atoms with E-state index in [0.29, 0.717) is 0 Å². The third-order valence-corrected chi connectivity index (χ3v) is 5.30. The van der Waals surface area contributed by atoms with E-state index >= 15 is 0 Å². The van der Waals surface area contributed by atoms with Gasteiger partial charge in [0.15, 0.2) is 0 Å². The van der Waals surface area contributed by atoms with Crippen LogP contribution in [0.1, 0.15) is 56.0 Å². The lowest BCUT2D eigenvalue weighted by Gasteiger charge is -2.27. The summed E-state index contributed by atoms with van der Waals surface area (Å²) in [7, 11) is 0. The Morgan fingerprint density at radius 3 is 2.33 bits per heavy atom. The standard InChI is InChI=1S/C23H29NO3/c1-13(2)27-20-14(3)9-17(10-15(20)4)16-7-8-19-18(11-16)12-23(5,6)21(19)24-22(25)26/h7-11,13,21,24H,12H2,1-6H3,(H,25,26)/t21-/m0/s1. The van der Waals surface area contributed by atoms with E-state index in [4.69, 9.17) is 4.74 Å². The van der Waals surface area contributed by atoms with E-state index in [9.17, 15) is 9.90 Å². The largest absolute Gasteiger partial charge is 0.490 e. The summed E-state index contributed by atoms with van der Waals surface area (Å²) in [6.45, 7) is 12.5. The molecule has 0 saturated heterocycles. The molecular formula is C23H29NO3. The van der Waals surface area contributed by atoms with Crippen molar-refractivity contribution in [3.05, 3.63) is 52.6 Å². The Morgan fingerprint density at radius 1 is 1.15 bits per heavy atom. The number of carbonyl (C=O) groups is 1. The first-order valence-electron chi connectivity index (χ1n) is 9.49. The Labute approximate surface area is 161 Å². The van der Waals surface area contributed by atoms with Crippen LogP contribution < -0.4 is 10.1 Å². The maximum Gasteiger partial charge on any atom is 0.405 e. The Bertz CT molecular complexity index is 860. The molecule has 2 N–H and O–H groups in total. The first-order chi connectivity index (χ1) is 12.6. The van der Waals surface area contributed by atoms with Crippen LogP contribution in [0.3, 0.4) is 0 Å². The highest BCUT2D eigenvalue weighted by Gasteiger charge is 2.40. The van der Waals surface area contributed by atoms with E-state index in [1.54, 1.807) is 0 Å². The van der Waals surface area contributed by atoms with E-state index in [2.05, 4.69) is 63.3 Å². The summed E-state index contributed by atoms with van der Waals surface area (Å²) >= 11 is 0. The second kappa shape index (κ2) is 6.91. The summed E-state index contributed by atoms with van der Waals surface area (Å²) in [5.41, 5.74) is 6.74. The topological polar surface area (TPSA) is 58.6 Å². The fraction of sp³-hybridized carbons (Fsp3) is 0.435. The van der Waals surface area contributed by atoms with Gasteiger partial charge in [0, 0.05) is 0 Å². The molecule has 0 fully saturated rings. The van der Waals surface area contributed by atoms with Crippen molar-refractivity contribution in [3.63, 3.8) is 0 Å². The van der Waals surface area contributed by atoms with E-state index < -0.39 is 6.09 Å². The Hall–Kier alpha value is -2.49. The molecule has 4 nitrogen and oxygen atoms in total. The minimum absolute atomic E-state index is 0.139. The van der Waals surface area contributed by atoms with E-state index in [1.165, 1.54) is 5.56 Å². The first kappa shape index (κ1) is 19.3. The van der Waals surface area contributed by atoms with Gasteiger partial charge in [-0.05, 0) is 85.0 Å². The molecule has 2 aromatic rings. The van der Waals surface area contributed by atoms with Gasteiger partial charge in [-0.15, -0.1) is 0 Å². The highest BCUT2D eigenvalue weighted by atomic mass is 16.5. The molecule has 1 atom stereocenters. The zero-order chi connectivity index (χ0) is 19.9. The van der Waals surface area contributed by atoms with Gasteiger partial charge in [-0.2, -0.15) is 0 Å². The number of nitrogens with one attached hydrogen (secondary N) is 1. The molecule has 0 radical (unpaired) electrons. The maximum atomic E-state index is 11.2. The van der Waals surface area contributed by atoms with Crippen LogP contribution in [-0.4, -0.2) is 17.3 Å². The number of benzene rings is 2. The van der Waals surface area contributed by atoms with Gasteiger partial charge in [-0.25, -0.2) is 4.79 Å². The SMILES string of the molecule is Cc1cc(-c2ccc3c(c2)CC(C)(C)[C@H]3NC(=O)O)cc(C)c1OC(C)C. The van der Waals surface area contributed by atoms with Crippen molar-refractivity contribution in [1.29, 1.82) is 0 Å². The zero-order valence-corrected chi connectivity index (χ0v) is 17.0. The van der Waals surface area contributed by atoms with Crippen LogP contribution in [0.15, 0.2) is 30.3 Å². The van der Waals surface area contributed by atoms with Gasteiger partial charge in [-0.3, -0.25) is 0 Å². The van der Waals surface area contributed by atoms with Gasteiger partial charge in [0.05, 0.1) is 12.1 Å². The molecule has 0 bridgehead atoms. The number of hydrogen-bond acceptors (Lipinski definition) is 2. The molecule has 0 unspecified atom stereocenters. The van der Waals surface area contributed by atoms with Gasteiger partial charge in [0.1, 0.15) is 5.75 Å². The monoisotopic (exact) mass is 367 g/mol. The quantitative estimate of drug-likeness (QED) is 0.734. The van der Waals surface area contributed by atoms with Gasteiger partial charge in [0.25, 0.3) is 0 Å². The Kier molecular flexibility index (Phi) is 4.94. The third-order valence-electron chi connectivity index (χ3n) is 5.30. The fourth-order valence-electron chi connectivity index (χ4n) is 4.17. The van der Waals surface area contributed by atoms with E-state index in [-0.39, 0.29) is 17.6 Å². The second-order valence-corrected chi connectivity index (χ2v) is 8.57. The lowest BCUT2D eigenvalue weighted by Crippen LogP contribution is -2.34. The van der Waals surface area contributed by atoms with Crippen molar-refractivity contribution in [1.82, 2.24) is 5.32 Å². The average molecular weight is 367 g/mol. The number of rotatable bonds is 4. The van der Waals surface area contributed by atoms with Gasteiger partial charge >= 0.3 is 6.09 Å². The number of hydrogen-bond donors (Lipinski definition) is 2. The molecule has 2 aromatic carbocycles. The number of fused-ring (bicyclic) bond motifs is 1. The van der Waals surface area contributed by atoms with Crippen LogP contribution in [0.2, 0.25) is 0 Å². The molecular weight excluding hydrogens is 338 g/mol. The first-order valence-corrected chi connectivity index (χ1v) is 9.49. The van der Waals surface area contributed by atoms with Gasteiger partial charge in [0.2, 0.25) is 0 Å². The molecule has 4 heteroatoms. The normalized spacial score (nSPS) is 17.7. The van der Waals surface area contributed by atoms with Crippen LogP contribution in [0.5, 0.6) is 5.75 Å². The zero-order valence-electron chi connectivity index (χ0n) is 17.0. The maximum absolute atomic E-state index is 11.2. The molecule has 0 spiro atoms. The minimum atomic E-state index is -0.975. The molecule has 3 rings (SSSR count). The lowest BCUT2D eigenvalue weighted by atomic mass is 9.85. The van der Waals surface area contributed by atoms with Crippen molar-refractivity contribution < 1.29 is 14.6 Å². The summed E-state index contributed by atoms with van der Waals surface area (Å²) < 4.78 is 5.96. The molecule has 0 saturated carbocycles. The fourth-order valence-corrected chi connectivity index (χ4v) is 4.17. The molecule has 0 heterocycles. The molecule has 144 valence electrons. The van der Waals surface area contributed by atoms with Crippen LogP contribution >= 0.6 is 0 Å². The molecule has 0 aliphatic heterocycles. The second-order valence-electron chi connectivity index (χ2n) is 8.57. The summed E-state index contributed by atoms with van der Waals surface area (Å²) in [4.78, 5) is 11.2. The Balaban J connectivity index is 1.98. The van der Waals surface area contributed by atoms with Crippen molar-refractivity contribution in [2.75, 3.05) is 0 Å². The predicted octanol–water partition coefficient (Wildman–Crippen LogP) is 5.65. The smallest absolute Gasteiger partial charge is 0.405 e. The van der Waals surface area contributed by atoms with Crippen molar-refractivity contribution >= 4 is 6.09 Å². The van der Waals surface area contributed by atoms with Crippen molar-refractivity contribution in [2.24, 2.45) is 5.41 Å². The minimum Gasteiger partial charge on any atom is -0.490 e. The average Bonchev–Trinajstić information content (AvgIpc) is 2.79. The number of amides is 1. The van der Waals surface area contributed by atoms with E-state index in [1.807, 2.05) is 13.8 Å². The number of aryl methyl sites for hydroxylation is 2. The number of carboxylic acid groups (broad SMARTS) is 1. The van der Waals surface area contributed by atoms with Gasteiger partial charge < -0.3 is 15.2 Å². The summed E-state index contributed by atoms with van der Waals surface area (Å²) in [5.74, 6) is 0.960. The summed E-state index contributed by atoms with van der Waals surface area (Å²) in [6.07, 6.45) is 0.0271. The van der Waals surface area contributed by atoms with Crippen LogP contribution in [0.4, 0.5) is 4.79 Å². The molecule has 1 amide bonds. The number of ether oxygens (including phenoxy) is 1. The van der Waals surface area contributed by atoms with Gasteiger partial charge in [-0.1, -0.05) is 32.0 Å². The molecule has 1 aliphatic carbocycles.